The number of amides is 1. The molecule has 0 radical (unpaired) electrons. The van der Waals surface area contributed by atoms with E-state index in [4.69, 9.17) is 5.73 Å². The predicted molar refractivity (Wildman–Crippen MR) is 93.0 cm³/mol. The molecule has 0 aromatic carbocycles. The highest BCUT2D eigenvalue weighted by atomic mass is 79.9. The largest absolute Gasteiger partial charge is 0.382 e. The standard InChI is InChI=1S/C13H17BrN4OS2/c1-7(2)5-17-13-18-11(15)10(21-13)12(19)16-6-9-8(14)3-4-20-9/h3-4,7H,5-6,15H2,1-2H3,(H,16,19)(H,17,18). The molecule has 1 amide bonds. The van der Waals surface area contributed by atoms with E-state index in [0.29, 0.717) is 22.5 Å². The van der Waals surface area contributed by atoms with E-state index in [1.165, 1.54) is 11.3 Å². The van der Waals surface area contributed by atoms with Crippen molar-refractivity contribution >= 4 is 55.5 Å². The number of halogens is 1. The van der Waals surface area contributed by atoms with Crippen LogP contribution < -0.4 is 16.4 Å². The van der Waals surface area contributed by atoms with Gasteiger partial charge in [0.05, 0.1) is 6.54 Å². The molecule has 0 aliphatic rings. The second-order valence-electron chi connectivity index (χ2n) is 4.88. The van der Waals surface area contributed by atoms with Crippen LogP contribution in [0.1, 0.15) is 28.4 Å². The minimum Gasteiger partial charge on any atom is -0.382 e. The molecule has 114 valence electrons. The number of nitrogens with one attached hydrogen (secondary N) is 2. The van der Waals surface area contributed by atoms with Crippen molar-refractivity contribution in [2.75, 3.05) is 17.6 Å². The lowest BCUT2D eigenvalue weighted by Gasteiger charge is -2.04. The number of anilines is 2. The molecule has 0 atom stereocenters. The van der Waals surface area contributed by atoms with E-state index in [0.717, 1.165) is 15.9 Å². The van der Waals surface area contributed by atoms with Crippen LogP contribution in [0, 0.1) is 5.92 Å². The summed E-state index contributed by atoms with van der Waals surface area (Å²) in [6.45, 7) is 5.49. The van der Waals surface area contributed by atoms with Crippen molar-refractivity contribution in [3.8, 4) is 0 Å². The number of nitrogens with two attached hydrogens (primary N) is 1. The average Bonchev–Trinajstić information content (AvgIpc) is 3.00. The van der Waals surface area contributed by atoms with Crippen molar-refractivity contribution in [2.45, 2.75) is 20.4 Å². The van der Waals surface area contributed by atoms with Crippen LogP contribution in [-0.4, -0.2) is 17.4 Å². The van der Waals surface area contributed by atoms with Crippen molar-refractivity contribution in [3.05, 3.63) is 25.7 Å². The topological polar surface area (TPSA) is 80.0 Å². The molecule has 4 N–H and O–H groups in total. The Morgan fingerprint density at radius 3 is 2.90 bits per heavy atom. The number of thiazole rings is 1. The lowest BCUT2D eigenvalue weighted by molar-refractivity contribution is 0.0956. The first kappa shape index (κ1) is 16.3. The van der Waals surface area contributed by atoms with Gasteiger partial charge in [-0.2, -0.15) is 0 Å². The fraction of sp³-hybridized carbons (Fsp3) is 0.385. The van der Waals surface area contributed by atoms with Crippen LogP contribution >= 0.6 is 38.6 Å². The minimum atomic E-state index is -0.192. The summed E-state index contributed by atoms with van der Waals surface area (Å²) in [7, 11) is 0. The Bertz CT molecular complexity index is 623. The second kappa shape index (κ2) is 7.24. The zero-order valence-corrected chi connectivity index (χ0v) is 15.0. The van der Waals surface area contributed by atoms with E-state index >= 15 is 0 Å². The first-order valence-corrected chi connectivity index (χ1v) is 8.96. The maximum Gasteiger partial charge on any atom is 0.265 e. The highest BCUT2D eigenvalue weighted by molar-refractivity contribution is 9.10. The Balaban J connectivity index is 1.97. The van der Waals surface area contributed by atoms with Gasteiger partial charge in [-0.05, 0) is 33.3 Å². The average molecular weight is 389 g/mol. The molecule has 0 spiro atoms. The van der Waals surface area contributed by atoms with Gasteiger partial charge in [0.2, 0.25) is 0 Å². The molecule has 0 aliphatic heterocycles. The predicted octanol–water partition coefficient (Wildman–Crippen LogP) is 3.55. The summed E-state index contributed by atoms with van der Waals surface area (Å²) in [4.78, 5) is 17.9. The Morgan fingerprint density at radius 2 is 2.29 bits per heavy atom. The summed E-state index contributed by atoms with van der Waals surface area (Å²) in [6, 6.07) is 1.96. The molecule has 2 rings (SSSR count). The van der Waals surface area contributed by atoms with Gasteiger partial charge in [-0.1, -0.05) is 25.2 Å². The van der Waals surface area contributed by atoms with Gasteiger partial charge in [0.1, 0.15) is 10.7 Å². The highest BCUT2D eigenvalue weighted by Crippen LogP contribution is 2.26. The molecular weight excluding hydrogens is 372 g/mol. The molecule has 0 saturated carbocycles. The van der Waals surface area contributed by atoms with E-state index in [1.54, 1.807) is 11.3 Å². The van der Waals surface area contributed by atoms with Crippen molar-refractivity contribution < 1.29 is 4.79 Å². The Hall–Kier alpha value is -1.12. The number of rotatable bonds is 6. The van der Waals surface area contributed by atoms with Crippen molar-refractivity contribution in [2.24, 2.45) is 5.92 Å². The molecule has 0 aliphatic carbocycles. The van der Waals surface area contributed by atoms with Gasteiger partial charge in [-0.15, -0.1) is 11.3 Å². The fourth-order valence-corrected chi connectivity index (χ4v) is 3.79. The molecule has 2 heterocycles. The molecule has 2 aromatic rings. The third-order valence-corrected chi connectivity index (χ3v) is 5.58. The van der Waals surface area contributed by atoms with Crippen LogP contribution in [0.4, 0.5) is 10.9 Å². The molecule has 5 nitrogen and oxygen atoms in total. The number of thiophene rings is 1. The molecule has 0 unspecified atom stereocenters. The Labute approximate surface area is 140 Å². The van der Waals surface area contributed by atoms with E-state index in [9.17, 15) is 4.79 Å². The molecular formula is C13H17BrN4OS2. The van der Waals surface area contributed by atoms with Crippen LogP contribution in [-0.2, 0) is 6.54 Å². The Kier molecular flexibility index (Phi) is 5.60. The van der Waals surface area contributed by atoms with Gasteiger partial charge in [-0.3, -0.25) is 4.79 Å². The summed E-state index contributed by atoms with van der Waals surface area (Å²) in [5.74, 6) is 0.584. The van der Waals surface area contributed by atoms with Crippen molar-refractivity contribution in [1.82, 2.24) is 10.3 Å². The molecule has 0 saturated heterocycles. The fourth-order valence-electron chi connectivity index (χ4n) is 1.55. The maximum absolute atomic E-state index is 12.2. The van der Waals surface area contributed by atoms with Crippen LogP contribution in [0.15, 0.2) is 15.9 Å². The lowest BCUT2D eigenvalue weighted by atomic mass is 10.2. The first-order valence-electron chi connectivity index (χ1n) is 6.47. The number of carbonyl (C=O) groups excluding carboxylic acids is 1. The Morgan fingerprint density at radius 1 is 1.52 bits per heavy atom. The summed E-state index contributed by atoms with van der Waals surface area (Å²) in [6.07, 6.45) is 0. The number of carbonyl (C=O) groups is 1. The summed E-state index contributed by atoms with van der Waals surface area (Å²) in [5.41, 5.74) is 5.82. The summed E-state index contributed by atoms with van der Waals surface area (Å²) >= 11 is 6.31. The molecule has 0 bridgehead atoms. The number of hydrogen-bond acceptors (Lipinski definition) is 6. The summed E-state index contributed by atoms with van der Waals surface area (Å²) in [5, 5.41) is 8.70. The van der Waals surface area contributed by atoms with E-state index in [-0.39, 0.29) is 11.7 Å². The third kappa shape index (κ3) is 4.42. The van der Waals surface area contributed by atoms with Crippen molar-refractivity contribution in [1.29, 1.82) is 0 Å². The molecule has 0 fully saturated rings. The van der Waals surface area contributed by atoms with E-state index < -0.39 is 0 Å². The van der Waals surface area contributed by atoms with Gasteiger partial charge in [0.15, 0.2) is 5.13 Å². The zero-order valence-electron chi connectivity index (χ0n) is 11.8. The van der Waals surface area contributed by atoms with E-state index in [2.05, 4.69) is 45.4 Å². The SMILES string of the molecule is CC(C)CNc1nc(N)c(C(=O)NCc2sccc2Br)s1. The molecule has 2 aromatic heterocycles. The van der Waals surface area contributed by atoms with Crippen molar-refractivity contribution in [3.63, 3.8) is 0 Å². The highest BCUT2D eigenvalue weighted by Gasteiger charge is 2.16. The second-order valence-corrected chi connectivity index (χ2v) is 7.74. The maximum atomic E-state index is 12.2. The van der Waals surface area contributed by atoms with Crippen LogP contribution in [0.2, 0.25) is 0 Å². The first-order chi connectivity index (χ1) is 9.97. The smallest absolute Gasteiger partial charge is 0.265 e. The normalized spacial score (nSPS) is 10.9. The van der Waals surface area contributed by atoms with Gasteiger partial charge >= 0.3 is 0 Å². The number of hydrogen-bond donors (Lipinski definition) is 3. The van der Waals surface area contributed by atoms with Crippen LogP contribution in [0.25, 0.3) is 0 Å². The molecule has 8 heteroatoms. The zero-order chi connectivity index (χ0) is 15.4. The molecule has 21 heavy (non-hydrogen) atoms. The van der Waals surface area contributed by atoms with Gasteiger partial charge in [0.25, 0.3) is 5.91 Å². The van der Waals surface area contributed by atoms with Crippen LogP contribution in [0.3, 0.4) is 0 Å². The number of nitrogen functional groups attached to an aromatic ring is 1. The minimum absolute atomic E-state index is 0.192. The quantitative estimate of drug-likeness (QED) is 0.706. The van der Waals surface area contributed by atoms with Crippen LogP contribution in [0.5, 0.6) is 0 Å². The lowest BCUT2D eigenvalue weighted by Crippen LogP contribution is -2.22. The monoisotopic (exact) mass is 388 g/mol. The summed E-state index contributed by atoms with van der Waals surface area (Å²) < 4.78 is 1.00. The number of nitrogens with zero attached hydrogens (tertiary/aromatic N) is 1. The number of aromatic nitrogens is 1. The van der Waals surface area contributed by atoms with Gasteiger partial charge in [0, 0.05) is 15.9 Å². The van der Waals surface area contributed by atoms with Gasteiger partial charge in [-0.25, -0.2) is 4.98 Å². The van der Waals surface area contributed by atoms with Gasteiger partial charge < -0.3 is 16.4 Å². The van der Waals surface area contributed by atoms with E-state index in [1.807, 2.05) is 11.4 Å². The third-order valence-electron chi connectivity index (χ3n) is 2.62.